The lowest BCUT2D eigenvalue weighted by atomic mass is 10.0. The molecule has 2 heterocycles. The first-order valence-corrected chi connectivity index (χ1v) is 6.63. The number of carbonyl (C=O) groups excluding carboxylic acids is 1. The molecule has 20 heavy (non-hydrogen) atoms. The second kappa shape index (κ2) is 5.96. The third kappa shape index (κ3) is 2.93. The molecule has 0 aliphatic rings. The molecule has 2 aromatic rings. The van der Waals surface area contributed by atoms with Crippen LogP contribution in [0.2, 0.25) is 0 Å². The minimum atomic E-state index is -0.345. The monoisotopic (exact) mass is 277 g/mol. The van der Waals surface area contributed by atoms with Crippen LogP contribution in [-0.2, 0) is 0 Å². The van der Waals surface area contributed by atoms with Crippen LogP contribution >= 0.6 is 0 Å². The highest BCUT2D eigenvalue weighted by atomic mass is 16.3. The summed E-state index contributed by atoms with van der Waals surface area (Å²) in [6.07, 6.45) is 2.14. The average Bonchev–Trinajstić information content (AvgIpc) is 2.83. The molecule has 0 fully saturated rings. The van der Waals surface area contributed by atoms with E-state index in [2.05, 4.69) is 20.4 Å². The highest BCUT2D eigenvalue weighted by Gasteiger charge is 2.20. The van der Waals surface area contributed by atoms with E-state index in [9.17, 15) is 4.79 Å². The first-order chi connectivity index (χ1) is 9.52. The summed E-state index contributed by atoms with van der Waals surface area (Å²) in [5.41, 5.74) is 0.859. The molecule has 0 bridgehead atoms. The number of nitrogens with one attached hydrogen (secondary N) is 1. The predicted octanol–water partition coefficient (Wildman–Crippen LogP) is 0.570. The first kappa shape index (κ1) is 14.4. The van der Waals surface area contributed by atoms with Gasteiger partial charge in [0.15, 0.2) is 0 Å². The fourth-order valence-electron chi connectivity index (χ4n) is 1.95. The van der Waals surface area contributed by atoms with Gasteiger partial charge in [-0.3, -0.25) is 4.79 Å². The van der Waals surface area contributed by atoms with Crippen molar-refractivity contribution >= 4 is 11.7 Å². The van der Waals surface area contributed by atoms with E-state index in [0.29, 0.717) is 12.2 Å². The summed E-state index contributed by atoms with van der Waals surface area (Å²) in [6, 6.07) is 1.69. The second-order valence-electron chi connectivity index (χ2n) is 5.07. The summed E-state index contributed by atoms with van der Waals surface area (Å²) in [5.74, 6) is 0.374. The van der Waals surface area contributed by atoms with Gasteiger partial charge in [-0.1, -0.05) is 13.8 Å². The Balaban J connectivity index is 2.20. The van der Waals surface area contributed by atoms with Crippen LogP contribution in [0.4, 0.5) is 0 Å². The zero-order valence-electron chi connectivity index (χ0n) is 11.9. The van der Waals surface area contributed by atoms with E-state index in [0.717, 1.165) is 5.69 Å². The van der Waals surface area contributed by atoms with E-state index >= 15 is 0 Å². The topological polar surface area (TPSA) is 92.4 Å². The molecule has 7 nitrogen and oxygen atoms in total. The summed E-state index contributed by atoms with van der Waals surface area (Å²) in [7, 11) is 0. The Bertz CT molecular complexity index is 608. The number of fused-ring (bicyclic) bond motifs is 1. The molecule has 0 aromatic carbocycles. The van der Waals surface area contributed by atoms with Gasteiger partial charge in [-0.25, -0.2) is 9.50 Å². The van der Waals surface area contributed by atoms with Gasteiger partial charge in [-0.15, -0.1) is 5.10 Å². The minimum absolute atomic E-state index is 0.0301. The lowest BCUT2D eigenvalue weighted by Gasteiger charge is -2.20. The molecule has 0 saturated carbocycles. The van der Waals surface area contributed by atoms with Gasteiger partial charge in [0.25, 0.3) is 11.7 Å². The maximum absolute atomic E-state index is 12.2. The van der Waals surface area contributed by atoms with Crippen LogP contribution in [0.1, 0.15) is 36.6 Å². The number of aliphatic hydroxyl groups excluding tert-OH is 1. The molecule has 108 valence electrons. The van der Waals surface area contributed by atoms with E-state index in [1.165, 1.54) is 4.52 Å². The normalized spacial score (nSPS) is 12.8. The number of aryl methyl sites for hydroxylation is 1. The number of carbonyl (C=O) groups is 1. The summed E-state index contributed by atoms with van der Waals surface area (Å²) >= 11 is 0. The maximum Gasteiger partial charge on any atom is 0.291 e. The van der Waals surface area contributed by atoms with E-state index in [1.54, 1.807) is 12.3 Å². The lowest BCUT2D eigenvalue weighted by molar-refractivity contribution is 0.0906. The molecule has 1 amide bonds. The number of hydrogen-bond acceptors (Lipinski definition) is 5. The van der Waals surface area contributed by atoms with Crippen molar-refractivity contribution < 1.29 is 9.90 Å². The highest BCUT2D eigenvalue weighted by Crippen LogP contribution is 2.07. The Labute approximate surface area is 117 Å². The van der Waals surface area contributed by atoms with Gasteiger partial charge in [0.2, 0.25) is 5.82 Å². The van der Waals surface area contributed by atoms with Crippen molar-refractivity contribution in [1.29, 1.82) is 0 Å². The first-order valence-electron chi connectivity index (χ1n) is 6.63. The molecule has 0 spiro atoms. The van der Waals surface area contributed by atoms with Crippen LogP contribution in [0.5, 0.6) is 0 Å². The van der Waals surface area contributed by atoms with Crippen LogP contribution in [0.25, 0.3) is 5.78 Å². The number of aliphatic hydroxyl groups is 1. The molecular formula is C13H19N5O2. The smallest absolute Gasteiger partial charge is 0.291 e. The SMILES string of the molecule is Cc1ccnc2nc(C(=O)NC(CCO)C(C)C)nn12. The maximum atomic E-state index is 12.2. The fourth-order valence-corrected chi connectivity index (χ4v) is 1.95. The Hall–Kier alpha value is -2.02. The van der Waals surface area contributed by atoms with Gasteiger partial charge in [-0.2, -0.15) is 4.98 Å². The largest absolute Gasteiger partial charge is 0.396 e. The minimum Gasteiger partial charge on any atom is -0.396 e. The Kier molecular flexibility index (Phi) is 4.29. The molecule has 0 aliphatic carbocycles. The molecule has 2 rings (SSSR count). The van der Waals surface area contributed by atoms with Gasteiger partial charge in [0.05, 0.1) is 0 Å². The molecule has 1 unspecified atom stereocenters. The molecule has 0 radical (unpaired) electrons. The number of amides is 1. The molecule has 0 aliphatic heterocycles. The summed E-state index contributed by atoms with van der Waals surface area (Å²) in [5, 5.41) is 16.0. The van der Waals surface area contributed by atoms with Gasteiger partial charge >= 0.3 is 0 Å². The third-order valence-corrected chi connectivity index (χ3v) is 3.19. The van der Waals surface area contributed by atoms with Crippen molar-refractivity contribution in [1.82, 2.24) is 24.9 Å². The fraction of sp³-hybridized carbons (Fsp3) is 0.538. The Morgan fingerprint density at radius 2 is 2.25 bits per heavy atom. The highest BCUT2D eigenvalue weighted by molar-refractivity contribution is 5.91. The molecule has 2 N–H and O–H groups in total. The standard InChI is InChI=1S/C13H19N5O2/c1-8(2)10(5-7-19)15-12(20)11-16-13-14-6-4-9(3)18(13)17-11/h4,6,8,10,19H,5,7H2,1-3H3,(H,15,20). The van der Waals surface area contributed by atoms with E-state index in [4.69, 9.17) is 5.11 Å². The molecule has 1 atom stereocenters. The Morgan fingerprint density at radius 3 is 2.85 bits per heavy atom. The van der Waals surface area contributed by atoms with Crippen LogP contribution in [0.15, 0.2) is 12.3 Å². The van der Waals surface area contributed by atoms with Crippen LogP contribution < -0.4 is 5.32 Å². The van der Waals surface area contributed by atoms with Gasteiger partial charge in [0, 0.05) is 24.5 Å². The Morgan fingerprint density at radius 1 is 1.50 bits per heavy atom. The van der Waals surface area contributed by atoms with Crippen molar-refractivity contribution in [3.05, 3.63) is 23.8 Å². The third-order valence-electron chi connectivity index (χ3n) is 3.19. The number of hydrogen-bond donors (Lipinski definition) is 2. The number of aromatic nitrogens is 4. The van der Waals surface area contributed by atoms with Crippen molar-refractivity contribution in [3.8, 4) is 0 Å². The number of nitrogens with zero attached hydrogens (tertiary/aromatic N) is 4. The quantitative estimate of drug-likeness (QED) is 0.833. The lowest BCUT2D eigenvalue weighted by Crippen LogP contribution is -2.39. The molecular weight excluding hydrogens is 258 g/mol. The van der Waals surface area contributed by atoms with E-state index < -0.39 is 0 Å². The van der Waals surface area contributed by atoms with Gasteiger partial charge < -0.3 is 10.4 Å². The predicted molar refractivity (Wildman–Crippen MR) is 73.3 cm³/mol. The zero-order chi connectivity index (χ0) is 14.7. The van der Waals surface area contributed by atoms with E-state index in [1.807, 2.05) is 20.8 Å². The second-order valence-corrected chi connectivity index (χ2v) is 5.07. The van der Waals surface area contributed by atoms with Crippen LogP contribution in [0.3, 0.4) is 0 Å². The van der Waals surface area contributed by atoms with E-state index in [-0.39, 0.29) is 30.3 Å². The van der Waals surface area contributed by atoms with Crippen LogP contribution in [-0.4, -0.2) is 43.2 Å². The van der Waals surface area contributed by atoms with Crippen molar-refractivity contribution in [2.75, 3.05) is 6.61 Å². The van der Waals surface area contributed by atoms with Crippen molar-refractivity contribution in [2.24, 2.45) is 5.92 Å². The molecule has 7 heteroatoms. The van der Waals surface area contributed by atoms with Crippen molar-refractivity contribution in [3.63, 3.8) is 0 Å². The van der Waals surface area contributed by atoms with Gasteiger partial charge in [0.1, 0.15) is 0 Å². The van der Waals surface area contributed by atoms with Gasteiger partial charge in [-0.05, 0) is 25.3 Å². The summed E-state index contributed by atoms with van der Waals surface area (Å²) in [4.78, 5) is 20.3. The number of rotatable bonds is 5. The summed E-state index contributed by atoms with van der Waals surface area (Å²) in [6.45, 7) is 5.88. The zero-order valence-corrected chi connectivity index (χ0v) is 11.9. The van der Waals surface area contributed by atoms with Crippen LogP contribution in [0, 0.1) is 12.8 Å². The average molecular weight is 277 g/mol. The molecule has 0 saturated heterocycles. The molecule has 2 aromatic heterocycles. The van der Waals surface area contributed by atoms with Crippen molar-refractivity contribution in [2.45, 2.75) is 33.2 Å². The summed E-state index contributed by atoms with van der Waals surface area (Å²) < 4.78 is 1.53.